The van der Waals surface area contributed by atoms with E-state index < -0.39 is 23.3 Å². The number of pyridine rings is 1. The van der Waals surface area contributed by atoms with Gasteiger partial charge in [-0.05, 0) is 18.2 Å². The quantitative estimate of drug-likeness (QED) is 0.766. The monoisotopic (exact) mass is 354 g/mol. The van der Waals surface area contributed by atoms with Gasteiger partial charge in [0.2, 0.25) is 5.56 Å². The first-order chi connectivity index (χ1) is 11.7. The summed E-state index contributed by atoms with van der Waals surface area (Å²) in [5, 5.41) is 2.55. The third-order valence-electron chi connectivity index (χ3n) is 3.76. The molecule has 0 spiro atoms. The number of alkyl halides is 3. The summed E-state index contributed by atoms with van der Waals surface area (Å²) in [6.45, 7) is 0.425. The molecular formula is C15H13F3N4O3. The average Bonchev–Trinajstić information content (AvgIpc) is 3.00. The van der Waals surface area contributed by atoms with Gasteiger partial charge in [-0.15, -0.1) is 0 Å². The maximum atomic E-state index is 12.5. The molecule has 0 aromatic carbocycles. The molecule has 132 valence electrons. The summed E-state index contributed by atoms with van der Waals surface area (Å²) in [4.78, 5) is 41.1. The topological polar surface area (TPSA) is 98.1 Å². The number of aromatic amines is 2. The smallest absolute Gasteiger partial charge is 0.347 e. The molecule has 2 amide bonds. The molecule has 0 bridgehead atoms. The Morgan fingerprint density at radius 3 is 2.52 bits per heavy atom. The average molecular weight is 354 g/mol. The van der Waals surface area contributed by atoms with Crippen LogP contribution in [0, 0.1) is 0 Å². The zero-order chi connectivity index (χ0) is 18.2. The fraction of sp³-hybridized carbons (Fsp3) is 0.267. The summed E-state index contributed by atoms with van der Waals surface area (Å²) in [6.07, 6.45) is -3.19. The van der Waals surface area contributed by atoms with Crippen LogP contribution in [0.2, 0.25) is 0 Å². The molecule has 1 aliphatic heterocycles. The minimum Gasteiger partial charge on any atom is -0.347 e. The van der Waals surface area contributed by atoms with Crippen LogP contribution >= 0.6 is 0 Å². The van der Waals surface area contributed by atoms with Gasteiger partial charge >= 0.3 is 6.18 Å². The molecule has 2 aromatic heterocycles. The van der Waals surface area contributed by atoms with Crippen molar-refractivity contribution in [3.63, 3.8) is 0 Å². The Labute approximate surface area is 138 Å². The molecule has 25 heavy (non-hydrogen) atoms. The van der Waals surface area contributed by atoms with Gasteiger partial charge in [0.25, 0.3) is 11.8 Å². The Morgan fingerprint density at radius 2 is 1.92 bits per heavy atom. The van der Waals surface area contributed by atoms with Crippen LogP contribution in [0.5, 0.6) is 0 Å². The van der Waals surface area contributed by atoms with E-state index in [9.17, 15) is 27.6 Å². The van der Waals surface area contributed by atoms with Crippen molar-refractivity contribution in [1.29, 1.82) is 0 Å². The van der Waals surface area contributed by atoms with Crippen LogP contribution in [0.1, 0.15) is 26.5 Å². The molecule has 1 aliphatic rings. The molecular weight excluding hydrogens is 341 g/mol. The molecule has 3 rings (SSSR count). The Balaban J connectivity index is 1.55. The number of nitrogens with zero attached hydrogens (tertiary/aromatic N) is 1. The second-order valence-corrected chi connectivity index (χ2v) is 5.61. The maximum Gasteiger partial charge on any atom is 0.431 e. The molecule has 0 unspecified atom stereocenters. The van der Waals surface area contributed by atoms with Gasteiger partial charge in [0, 0.05) is 30.9 Å². The highest BCUT2D eigenvalue weighted by Gasteiger charge is 2.35. The van der Waals surface area contributed by atoms with Crippen molar-refractivity contribution >= 4 is 11.8 Å². The molecule has 2 aromatic rings. The summed E-state index contributed by atoms with van der Waals surface area (Å²) >= 11 is 0. The third kappa shape index (κ3) is 3.57. The van der Waals surface area contributed by atoms with Gasteiger partial charge in [-0.25, -0.2) is 0 Å². The van der Waals surface area contributed by atoms with Crippen LogP contribution in [0.15, 0.2) is 35.3 Å². The van der Waals surface area contributed by atoms with Gasteiger partial charge in [-0.2, -0.15) is 13.2 Å². The molecule has 0 radical (unpaired) electrons. The molecule has 3 heterocycles. The van der Waals surface area contributed by atoms with Crippen LogP contribution in [0.25, 0.3) is 0 Å². The highest BCUT2D eigenvalue weighted by Crippen LogP contribution is 2.28. The Kier molecular flexibility index (Phi) is 4.11. The summed E-state index contributed by atoms with van der Waals surface area (Å²) < 4.78 is 37.5. The highest BCUT2D eigenvalue weighted by atomic mass is 19.4. The first-order valence-corrected chi connectivity index (χ1v) is 7.29. The van der Waals surface area contributed by atoms with E-state index >= 15 is 0 Å². The van der Waals surface area contributed by atoms with Crippen molar-refractivity contribution in [2.75, 3.05) is 13.1 Å². The number of nitrogens with one attached hydrogen (secondary N) is 3. The van der Waals surface area contributed by atoms with Crippen molar-refractivity contribution in [3.05, 3.63) is 57.8 Å². The summed E-state index contributed by atoms with van der Waals surface area (Å²) in [5.41, 5.74) is -1.37. The zero-order valence-corrected chi connectivity index (χ0v) is 12.7. The Hall–Kier alpha value is -3.04. The van der Waals surface area contributed by atoms with Crippen molar-refractivity contribution < 1.29 is 22.8 Å². The number of rotatable bonds is 3. The van der Waals surface area contributed by atoms with E-state index in [1.54, 1.807) is 0 Å². The number of halogens is 3. The lowest BCUT2D eigenvalue weighted by Gasteiger charge is -2.39. The van der Waals surface area contributed by atoms with E-state index in [-0.39, 0.29) is 36.3 Å². The van der Waals surface area contributed by atoms with Gasteiger partial charge in [-0.1, -0.05) is 0 Å². The second kappa shape index (κ2) is 6.11. The molecule has 1 fully saturated rings. The van der Waals surface area contributed by atoms with Crippen LogP contribution < -0.4 is 10.9 Å². The fourth-order valence-corrected chi connectivity index (χ4v) is 2.45. The van der Waals surface area contributed by atoms with E-state index in [2.05, 4.69) is 10.3 Å². The molecule has 3 N–H and O–H groups in total. The predicted molar refractivity (Wildman–Crippen MR) is 80.0 cm³/mol. The van der Waals surface area contributed by atoms with Crippen LogP contribution in [-0.2, 0) is 6.18 Å². The van der Waals surface area contributed by atoms with Crippen molar-refractivity contribution in [2.45, 2.75) is 12.2 Å². The predicted octanol–water partition coefficient (Wildman–Crippen LogP) is 0.976. The lowest BCUT2D eigenvalue weighted by molar-refractivity contribution is -0.140. The lowest BCUT2D eigenvalue weighted by atomic mass is 10.1. The lowest BCUT2D eigenvalue weighted by Crippen LogP contribution is -2.61. The molecule has 10 heteroatoms. The molecule has 7 nitrogen and oxygen atoms in total. The van der Waals surface area contributed by atoms with E-state index in [4.69, 9.17) is 0 Å². The van der Waals surface area contributed by atoms with E-state index in [0.29, 0.717) is 0 Å². The third-order valence-corrected chi connectivity index (χ3v) is 3.76. The SMILES string of the molecule is O=C(NC1CN(C(=O)c2cc[nH]c(=O)c2)C1)c1ccc(C(F)(F)F)[nH]1. The summed E-state index contributed by atoms with van der Waals surface area (Å²) in [7, 11) is 0. The standard InChI is InChI=1S/C15H13F3N4O3/c16-15(17,18)11-2-1-10(21-11)13(24)20-9-6-22(7-9)14(25)8-3-4-19-12(23)5-8/h1-5,9,21H,6-7H2,(H,19,23)(H,20,24). The second-order valence-electron chi connectivity index (χ2n) is 5.61. The number of hydrogen-bond acceptors (Lipinski definition) is 3. The van der Waals surface area contributed by atoms with Gasteiger partial charge in [0.15, 0.2) is 0 Å². The molecule has 0 atom stereocenters. The van der Waals surface area contributed by atoms with Crippen LogP contribution in [-0.4, -0.2) is 45.8 Å². The number of hydrogen-bond donors (Lipinski definition) is 3. The Morgan fingerprint density at radius 1 is 1.20 bits per heavy atom. The first kappa shape index (κ1) is 16.8. The van der Waals surface area contributed by atoms with Gasteiger partial charge in [0.1, 0.15) is 11.4 Å². The van der Waals surface area contributed by atoms with E-state index in [0.717, 1.165) is 12.1 Å². The number of carbonyl (C=O) groups excluding carboxylic acids is 2. The molecule has 1 saturated heterocycles. The number of carbonyl (C=O) groups is 2. The van der Waals surface area contributed by atoms with Crippen LogP contribution in [0.3, 0.4) is 0 Å². The van der Waals surface area contributed by atoms with Gasteiger partial charge in [0.05, 0.1) is 6.04 Å². The molecule has 0 saturated carbocycles. The molecule has 0 aliphatic carbocycles. The van der Waals surface area contributed by atoms with Crippen molar-refractivity contribution in [3.8, 4) is 0 Å². The van der Waals surface area contributed by atoms with E-state index in [1.807, 2.05) is 4.98 Å². The minimum atomic E-state index is -4.55. The van der Waals surface area contributed by atoms with Crippen molar-refractivity contribution in [2.24, 2.45) is 0 Å². The fourth-order valence-electron chi connectivity index (χ4n) is 2.45. The van der Waals surface area contributed by atoms with Crippen molar-refractivity contribution in [1.82, 2.24) is 20.2 Å². The van der Waals surface area contributed by atoms with E-state index in [1.165, 1.54) is 23.2 Å². The summed E-state index contributed by atoms with van der Waals surface area (Å²) in [5.74, 6) is -1.03. The first-order valence-electron chi connectivity index (χ1n) is 7.29. The number of likely N-dealkylation sites (tertiary alicyclic amines) is 1. The van der Waals surface area contributed by atoms with Gasteiger partial charge in [-0.3, -0.25) is 14.4 Å². The number of amides is 2. The maximum absolute atomic E-state index is 12.5. The summed E-state index contributed by atoms with van der Waals surface area (Å²) in [6, 6.07) is 4.11. The Bertz CT molecular complexity index is 865. The normalized spacial score (nSPS) is 14.9. The largest absolute Gasteiger partial charge is 0.431 e. The highest BCUT2D eigenvalue weighted by molar-refractivity contribution is 5.95. The zero-order valence-electron chi connectivity index (χ0n) is 12.7. The number of aromatic nitrogens is 2. The van der Waals surface area contributed by atoms with Crippen LogP contribution in [0.4, 0.5) is 13.2 Å². The number of H-pyrrole nitrogens is 2. The van der Waals surface area contributed by atoms with Gasteiger partial charge < -0.3 is 20.2 Å². The minimum absolute atomic E-state index is 0.202.